The number of rotatable bonds is 5. The van der Waals surface area contributed by atoms with E-state index in [1.165, 1.54) is 0 Å². The first-order valence-electron chi connectivity index (χ1n) is 6.02. The second kappa shape index (κ2) is 6.62. The number of thiophene rings is 1. The molecule has 0 fully saturated rings. The smallest absolute Gasteiger partial charge is 0.148 e. The average Bonchev–Trinajstić information content (AvgIpc) is 2.87. The van der Waals surface area contributed by atoms with E-state index in [0.717, 1.165) is 11.3 Å². The van der Waals surface area contributed by atoms with Crippen molar-refractivity contribution < 1.29 is 4.74 Å². The Morgan fingerprint density at radius 3 is 2.47 bits per heavy atom. The first kappa shape index (κ1) is 14.7. The summed E-state index contributed by atoms with van der Waals surface area (Å²) < 4.78 is 5.99. The number of nitrogens with two attached hydrogens (primary N) is 1. The predicted molar refractivity (Wildman–Crippen MR) is 82.4 cm³/mol. The fourth-order valence-corrected chi connectivity index (χ4v) is 3.10. The topological polar surface area (TPSA) is 35.2 Å². The fourth-order valence-electron chi connectivity index (χ4n) is 1.77. The van der Waals surface area contributed by atoms with E-state index < -0.39 is 0 Å². The molecule has 2 nitrogen and oxygen atoms in total. The van der Waals surface area contributed by atoms with Crippen LogP contribution >= 0.6 is 34.5 Å². The van der Waals surface area contributed by atoms with Gasteiger partial charge < -0.3 is 10.5 Å². The third-order valence-corrected chi connectivity index (χ3v) is 4.15. The molecule has 0 radical (unpaired) electrons. The second-order valence-corrected chi connectivity index (χ2v) is 6.08. The van der Waals surface area contributed by atoms with Gasteiger partial charge in [-0.05, 0) is 36.1 Å². The number of benzene rings is 1. The van der Waals surface area contributed by atoms with Crippen molar-refractivity contribution in [3.8, 4) is 5.75 Å². The second-order valence-electron chi connectivity index (χ2n) is 4.23. The Kier molecular flexibility index (Phi) is 5.11. The van der Waals surface area contributed by atoms with Crippen molar-refractivity contribution >= 4 is 34.5 Å². The Bertz CT molecular complexity index is 510. The molecular weight excluding hydrogens is 301 g/mol. The molecule has 0 bridgehead atoms. The van der Waals surface area contributed by atoms with Crippen LogP contribution in [-0.4, -0.2) is 6.04 Å². The van der Waals surface area contributed by atoms with Crippen molar-refractivity contribution in [2.24, 2.45) is 5.73 Å². The summed E-state index contributed by atoms with van der Waals surface area (Å²) in [7, 11) is 0. The zero-order chi connectivity index (χ0) is 13.8. The Morgan fingerprint density at radius 1 is 1.26 bits per heavy atom. The fraction of sp³-hybridized carbons (Fsp3) is 0.286. The molecule has 0 aliphatic carbocycles. The van der Waals surface area contributed by atoms with Gasteiger partial charge in [-0.3, -0.25) is 0 Å². The van der Waals surface area contributed by atoms with Gasteiger partial charge >= 0.3 is 0 Å². The van der Waals surface area contributed by atoms with Crippen molar-refractivity contribution in [1.82, 2.24) is 0 Å². The maximum Gasteiger partial charge on any atom is 0.148 e. The lowest BCUT2D eigenvalue weighted by Crippen LogP contribution is -2.30. The lowest BCUT2D eigenvalue weighted by molar-refractivity contribution is 0.174. The monoisotopic (exact) mass is 315 g/mol. The highest BCUT2D eigenvalue weighted by Gasteiger charge is 2.21. The van der Waals surface area contributed by atoms with E-state index in [1.807, 2.05) is 24.4 Å². The van der Waals surface area contributed by atoms with Gasteiger partial charge in [0.1, 0.15) is 11.9 Å². The average molecular weight is 316 g/mol. The van der Waals surface area contributed by atoms with Gasteiger partial charge in [-0.1, -0.05) is 36.2 Å². The van der Waals surface area contributed by atoms with Crippen molar-refractivity contribution in [3.63, 3.8) is 0 Å². The summed E-state index contributed by atoms with van der Waals surface area (Å²) in [5, 5.41) is 3.12. The molecule has 0 spiro atoms. The van der Waals surface area contributed by atoms with Crippen molar-refractivity contribution in [2.45, 2.75) is 25.5 Å². The molecule has 2 aromatic rings. The van der Waals surface area contributed by atoms with E-state index in [1.54, 1.807) is 29.5 Å². The molecular formula is C14H15Cl2NOS. The summed E-state index contributed by atoms with van der Waals surface area (Å²) in [6.07, 6.45) is 0.649. The zero-order valence-corrected chi connectivity index (χ0v) is 12.8. The maximum atomic E-state index is 6.15. The summed E-state index contributed by atoms with van der Waals surface area (Å²) in [6, 6.07) is 9.11. The van der Waals surface area contributed by atoms with Crippen LogP contribution in [0.2, 0.25) is 10.0 Å². The van der Waals surface area contributed by atoms with Crippen LogP contribution < -0.4 is 10.5 Å². The van der Waals surface area contributed by atoms with Crippen molar-refractivity contribution in [3.05, 3.63) is 50.6 Å². The Morgan fingerprint density at radius 2 is 1.95 bits per heavy atom. The van der Waals surface area contributed by atoms with Gasteiger partial charge in [0.25, 0.3) is 0 Å². The molecule has 2 unspecified atom stereocenters. The summed E-state index contributed by atoms with van der Waals surface area (Å²) in [4.78, 5) is 1.10. The molecule has 1 aromatic carbocycles. The van der Waals surface area contributed by atoms with E-state index in [0.29, 0.717) is 15.8 Å². The summed E-state index contributed by atoms with van der Waals surface area (Å²) in [5.74, 6) is 0.639. The molecule has 0 saturated carbocycles. The normalized spacial score (nSPS) is 14.1. The Labute approximate surface area is 127 Å². The molecule has 102 valence electrons. The third kappa shape index (κ3) is 3.86. The molecule has 0 amide bonds. The number of hydrogen-bond donors (Lipinski definition) is 1. The van der Waals surface area contributed by atoms with Crippen molar-refractivity contribution in [1.29, 1.82) is 0 Å². The molecule has 0 saturated heterocycles. The standard InChI is InChI=1S/C14H15Cl2NOS/c1-2-12(17)14(13-4-3-5-19-13)18-11-7-9(15)6-10(16)8-11/h3-8,12,14H,2,17H2,1H3. The predicted octanol–water partition coefficient (Wildman–Crippen LogP) is 4.91. The summed E-state index contributed by atoms with van der Waals surface area (Å²) >= 11 is 13.6. The first-order chi connectivity index (χ1) is 9.10. The van der Waals surface area contributed by atoms with Gasteiger partial charge in [0, 0.05) is 21.0 Å². The lowest BCUT2D eigenvalue weighted by atomic mass is 10.1. The minimum Gasteiger partial charge on any atom is -0.483 e. The molecule has 2 atom stereocenters. The van der Waals surface area contributed by atoms with Gasteiger partial charge in [-0.25, -0.2) is 0 Å². The van der Waals surface area contributed by atoms with Crippen LogP contribution in [0.4, 0.5) is 0 Å². The van der Waals surface area contributed by atoms with E-state index in [9.17, 15) is 0 Å². The molecule has 1 heterocycles. The van der Waals surface area contributed by atoms with Crippen LogP contribution in [-0.2, 0) is 0 Å². The minimum atomic E-state index is -0.181. The highest BCUT2D eigenvalue weighted by atomic mass is 35.5. The number of halogens is 2. The van der Waals surface area contributed by atoms with Crippen molar-refractivity contribution in [2.75, 3.05) is 0 Å². The summed E-state index contributed by atoms with van der Waals surface area (Å²) in [5.41, 5.74) is 6.15. The molecule has 0 aliphatic heterocycles. The van der Waals surface area contributed by atoms with Crippen LogP contribution in [0.3, 0.4) is 0 Å². The molecule has 2 rings (SSSR count). The van der Waals surface area contributed by atoms with Gasteiger partial charge in [-0.2, -0.15) is 0 Å². The van der Waals surface area contributed by atoms with E-state index in [2.05, 4.69) is 0 Å². The molecule has 19 heavy (non-hydrogen) atoms. The van der Waals surface area contributed by atoms with Crippen LogP contribution in [0.25, 0.3) is 0 Å². The third-order valence-electron chi connectivity index (χ3n) is 2.78. The molecule has 2 N–H and O–H groups in total. The number of ether oxygens (including phenoxy) is 1. The van der Waals surface area contributed by atoms with Gasteiger partial charge in [0.05, 0.1) is 0 Å². The molecule has 5 heteroatoms. The van der Waals surface area contributed by atoms with E-state index >= 15 is 0 Å². The van der Waals surface area contributed by atoms with Gasteiger partial charge in [0.15, 0.2) is 0 Å². The van der Waals surface area contributed by atoms with Crippen LogP contribution in [0.15, 0.2) is 35.7 Å². The Balaban J connectivity index is 2.25. The SMILES string of the molecule is CCC(N)C(Oc1cc(Cl)cc(Cl)c1)c1cccs1. The number of hydrogen-bond acceptors (Lipinski definition) is 3. The van der Waals surface area contributed by atoms with Gasteiger partial charge in [0.2, 0.25) is 0 Å². The zero-order valence-electron chi connectivity index (χ0n) is 10.5. The molecule has 1 aromatic heterocycles. The highest BCUT2D eigenvalue weighted by molar-refractivity contribution is 7.10. The summed E-state index contributed by atoms with van der Waals surface area (Å²) in [6.45, 7) is 2.04. The quantitative estimate of drug-likeness (QED) is 0.850. The van der Waals surface area contributed by atoms with Gasteiger partial charge in [-0.15, -0.1) is 11.3 Å². The Hall–Kier alpha value is -0.740. The van der Waals surface area contributed by atoms with E-state index in [-0.39, 0.29) is 12.1 Å². The first-order valence-corrected chi connectivity index (χ1v) is 7.65. The largest absolute Gasteiger partial charge is 0.483 e. The van der Waals surface area contributed by atoms with Crippen LogP contribution in [0.1, 0.15) is 24.3 Å². The minimum absolute atomic E-state index is 0.0728. The van der Waals surface area contributed by atoms with E-state index in [4.69, 9.17) is 33.7 Å². The maximum absolute atomic E-state index is 6.15. The lowest BCUT2D eigenvalue weighted by Gasteiger charge is -2.23. The van der Waals surface area contributed by atoms with Crippen LogP contribution in [0, 0.1) is 0 Å². The molecule has 0 aliphatic rings. The van der Waals surface area contributed by atoms with Crippen LogP contribution in [0.5, 0.6) is 5.75 Å². The highest BCUT2D eigenvalue weighted by Crippen LogP contribution is 2.31.